The van der Waals surface area contributed by atoms with Crippen molar-refractivity contribution in [1.29, 1.82) is 0 Å². The van der Waals surface area contributed by atoms with E-state index < -0.39 is 28.5 Å². The van der Waals surface area contributed by atoms with Crippen LogP contribution in [-0.2, 0) is 14.9 Å². The van der Waals surface area contributed by atoms with Crippen molar-refractivity contribution < 1.29 is 19.4 Å². The highest BCUT2D eigenvalue weighted by Crippen LogP contribution is 2.69. The largest absolute Gasteiger partial charge is 0.481 e. The highest BCUT2D eigenvalue weighted by atomic mass is 16.6. The van der Waals surface area contributed by atoms with Crippen LogP contribution < -0.4 is 0 Å². The van der Waals surface area contributed by atoms with Crippen molar-refractivity contribution in [3.05, 3.63) is 77.4 Å². The molecule has 33 heavy (non-hydrogen) atoms. The molecule has 4 aliphatic rings. The second kappa shape index (κ2) is 7.21. The van der Waals surface area contributed by atoms with E-state index in [1.165, 1.54) is 5.56 Å². The van der Waals surface area contributed by atoms with Crippen LogP contribution in [0.3, 0.4) is 0 Å². The van der Waals surface area contributed by atoms with Gasteiger partial charge in [0.2, 0.25) is 0 Å². The first-order valence-electron chi connectivity index (χ1n) is 11.7. The quantitative estimate of drug-likeness (QED) is 0.683. The molecule has 1 saturated carbocycles. The number of carboxylic acids is 1. The lowest BCUT2D eigenvalue weighted by Gasteiger charge is -2.59. The van der Waals surface area contributed by atoms with E-state index in [1.54, 1.807) is 4.90 Å². The molecule has 1 saturated heterocycles. The van der Waals surface area contributed by atoms with Gasteiger partial charge in [-0.05, 0) is 55.9 Å². The summed E-state index contributed by atoms with van der Waals surface area (Å²) in [4.78, 5) is 27.9. The second-order valence-electron chi connectivity index (χ2n) is 10.7. The Morgan fingerprint density at radius 3 is 2.55 bits per heavy atom. The summed E-state index contributed by atoms with van der Waals surface area (Å²) in [6.45, 7) is 9.96. The van der Waals surface area contributed by atoms with Gasteiger partial charge in [-0.15, -0.1) is 0 Å². The third kappa shape index (κ3) is 2.98. The summed E-state index contributed by atoms with van der Waals surface area (Å²) in [6.07, 6.45) is 3.01. The third-order valence-corrected chi connectivity index (χ3v) is 8.03. The molecule has 172 valence electrons. The van der Waals surface area contributed by atoms with Gasteiger partial charge in [-0.3, -0.25) is 4.79 Å². The second-order valence-corrected chi connectivity index (χ2v) is 10.7. The minimum atomic E-state index is -1.06. The molecule has 4 atom stereocenters. The summed E-state index contributed by atoms with van der Waals surface area (Å²) >= 11 is 0. The van der Waals surface area contributed by atoms with Gasteiger partial charge in [0.15, 0.2) is 0 Å². The Bertz CT molecular complexity index is 1130. The lowest BCUT2D eigenvalue weighted by Crippen LogP contribution is -2.60. The van der Waals surface area contributed by atoms with E-state index in [9.17, 15) is 14.7 Å². The van der Waals surface area contributed by atoms with Gasteiger partial charge < -0.3 is 14.7 Å². The maximum absolute atomic E-state index is 13.1. The molecule has 1 N–H and O–H groups in total. The van der Waals surface area contributed by atoms with Crippen LogP contribution >= 0.6 is 0 Å². The minimum Gasteiger partial charge on any atom is -0.481 e. The Labute approximate surface area is 195 Å². The van der Waals surface area contributed by atoms with Crippen molar-refractivity contribution in [2.75, 3.05) is 13.1 Å². The van der Waals surface area contributed by atoms with Crippen LogP contribution in [-0.4, -0.2) is 40.8 Å². The van der Waals surface area contributed by atoms with Gasteiger partial charge in [-0.1, -0.05) is 61.2 Å². The third-order valence-electron chi connectivity index (χ3n) is 8.03. The molecule has 2 aromatic carbocycles. The summed E-state index contributed by atoms with van der Waals surface area (Å²) in [5.41, 5.74) is 2.23. The maximum Gasteiger partial charge on any atom is 0.410 e. The average Bonchev–Trinajstić information content (AvgIpc) is 3.22. The Morgan fingerprint density at radius 2 is 1.91 bits per heavy atom. The number of benzene rings is 2. The van der Waals surface area contributed by atoms with Crippen molar-refractivity contribution >= 4 is 18.1 Å². The number of carboxylic acid groups (broad SMARTS) is 1. The summed E-state index contributed by atoms with van der Waals surface area (Å²) in [5.74, 6) is -1.22. The van der Waals surface area contributed by atoms with Crippen molar-refractivity contribution in [1.82, 2.24) is 4.90 Å². The van der Waals surface area contributed by atoms with Gasteiger partial charge in [-0.2, -0.15) is 0 Å². The lowest BCUT2D eigenvalue weighted by atomic mass is 9.42. The van der Waals surface area contributed by atoms with E-state index in [-0.39, 0.29) is 18.4 Å². The number of ether oxygens (including phenoxy) is 1. The molecule has 1 amide bonds. The van der Waals surface area contributed by atoms with Crippen molar-refractivity contribution in [3.63, 3.8) is 0 Å². The van der Waals surface area contributed by atoms with Crippen molar-refractivity contribution in [2.45, 2.75) is 50.5 Å². The summed E-state index contributed by atoms with van der Waals surface area (Å²) in [7, 11) is 0. The number of likely N-dealkylation sites (tertiary alicyclic amines) is 1. The van der Waals surface area contributed by atoms with Crippen LogP contribution in [0.15, 0.2) is 55.1 Å². The van der Waals surface area contributed by atoms with E-state index in [2.05, 4.69) is 36.9 Å². The first-order chi connectivity index (χ1) is 15.6. The van der Waals surface area contributed by atoms with Gasteiger partial charge in [0.05, 0.1) is 5.41 Å². The zero-order valence-electron chi connectivity index (χ0n) is 19.5. The van der Waals surface area contributed by atoms with E-state index >= 15 is 0 Å². The number of hydrogen-bond acceptors (Lipinski definition) is 3. The number of hydrogen-bond donors (Lipinski definition) is 1. The molecule has 0 unspecified atom stereocenters. The fourth-order valence-corrected chi connectivity index (χ4v) is 6.85. The summed E-state index contributed by atoms with van der Waals surface area (Å²) < 4.78 is 5.68. The number of amides is 1. The van der Waals surface area contributed by atoms with Gasteiger partial charge >= 0.3 is 12.1 Å². The van der Waals surface area contributed by atoms with Crippen LogP contribution in [0.25, 0.3) is 6.08 Å². The molecule has 0 spiro atoms. The molecule has 3 aliphatic carbocycles. The predicted octanol–water partition coefficient (Wildman–Crippen LogP) is 5.44. The molecule has 6 rings (SSSR count). The van der Waals surface area contributed by atoms with E-state index in [4.69, 9.17) is 4.74 Å². The fourth-order valence-electron chi connectivity index (χ4n) is 6.85. The van der Waals surface area contributed by atoms with Gasteiger partial charge in [0, 0.05) is 30.3 Å². The Morgan fingerprint density at radius 1 is 1.18 bits per heavy atom. The summed E-state index contributed by atoms with van der Waals surface area (Å²) in [5, 5.41) is 10.8. The molecule has 2 fully saturated rings. The molecule has 2 bridgehead atoms. The zero-order valence-corrected chi connectivity index (χ0v) is 19.5. The minimum absolute atomic E-state index is 0.159. The molecular formula is C28H31NO4. The van der Waals surface area contributed by atoms with E-state index in [0.29, 0.717) is 6.54 Å². The summed E-state index contributed by atoms with van der Waals surface area (Å²) in [6, 6.07) is 16.6. The molecule has 0 radical (unpaired) electrons. The number of nitrogens with zero attached hydrogens (tertiary/aromatic N) is 1. The topological polar surface area (TPSA) is 66.8 Å². The van der Waals surface area contributed by atoms with E-state index in [1.807, 2.05) is 45.0 Å². The number of carbonyl (C=O) groups excluding carboxylic acids is 1. The molecule has 1 heterocycles. The van der Waals surface area contributed by atoms with Crippen LogP contribution in [0.5, 0.6) is 0 Å². The molecule has 1 aliphatic heterocycles. The van der Waals surface area contributed by atoms with Gasteiger partial charge in [-0.25, -0.2) is 4.79 Å². The Balaban J connectivity index is 1.73. The highest BCUT2D eigenvalue weighted by Gasteiger charge is 2.71. The smallest absolute Gasteiger partial charge is 0.410 e. The van der Waals surface area contributed by atoms with E-state index in [0.717, 1.165) is 29.5 Å². The van der Waals surface area contributed by atoms with Crippen LogP contribution in [0.4, 0.5) is 4.79 Å². The fraction of sp³-hybridized carbons (Fsp3) is 0.429. The number of fused-ring (bicyclic) bond motifs is 1. The van der Waals surface area contributed by atoms with Crippen LogP contribution in [0.2, 0.25) is 0 Å². The molecule has 5 heteroatoms. The Hall–Kier alpha value is -3.08. The first-order valence-corrected chi connectivity index (χ1v) is 11.7. The number of carbonyl (C=O) groups is 2. The predicted molar refractivity (Wildman–Crippen MR) is 127 cm³/mol. The first kappa shape index (κ1) is 21.7. The Kier molecular flexibility index (Phi) is 4.75. The van der Waals surface area contributed by atoms with Crippen LogP contribution in [0, 0.1) is 11.3 Å². The lowest BCUT2D eigenvalue weighted by molar-refractivity contribution is -0.157. The molecule has 5 nitrogen and oxygen atoms in total. The van der Waals surface area contributed by atoms with Crippen LogP contribution in [0.1, 0.15) is 61.8 Å². The highest BCUT2D eigenvalue weighted by molar-refractivity contribution is 5.83. The van der Waals surface area contributed by atoms with Gasteiger partial charge in [0.1, 0.15) is 5.60 Å². The zero-order chi connectivity index (χ0) is 23.6. The SMILES string of the molecule is C=Cc1ccc2c(c1)[C@H]1CC[C@]2(c2ccccc2)[C@@H]2CN(C(=O)OC(C)(C)C)C[C@]12C(=O)O. The average molecular weight is 446 g/mol. The maximum atomic E-state index is 13.1. The molecular weight excluding hydrogens is 414 g/mol. The standard InChI is InChI=1S/C28H31NO4/c1-5-18-11-12-21-20(15-18)22-13-14-27(21,19-9-7-6-8-10-19)23-16-29(17-28(22,23)24(30)31)25(32)33-26(2,3)4/h5-12,15,22-23H,1,13-14,16-17H2,2-4H3,(H,30,31)/t22-,23+,27-,28+/m1/s1. The normalized spacial score (nSPS) is 29.8. The van der Waals surface area contributed by atoms with Crippen molar-refractivity contribution in [2.24, 2.45) is 11.3 Å². The molecule has 2 aromatic rings. The molecule has 0 aromatic heterocycles. The number of aliphatic carboxylic acids is 1. The van der Waals surface area contributed by atoms with Crippen molar-refractivity contribution in [3.8, 4) is 0 Å². The number of rotatable bonds is 3. The van der Waals surface area contributed by atoms with Gasteiger partial charge in [0.25, 0.3) is 0 Å². The monoisotopic (exact) mass is 445 g/mol.